The topological polar surface area (TPSA) is 89.3 Å². The van der Waals surface area contributed by atoms with E-state index in [-0.39, 0.29) is 18.1 Å². The molecule has 1 atom stereocenters. The van der Waals surface area contributed by atoms with E-state index in [9.17, 15) is 23.1 Å². The number of carbonyl (C=O) groups excluding carboxylic acids is 1. The molecule has 0 saturated heterocycles. The molecular formula is C18H15F3N4O3. The number of benzene rings is 2. The molecule has 0 aliphatic carbocycles. The fourth-order valence-corrected chi connectivity index (χ4v) is 2.37. The lowest BCUT2D eigenvalue weighted by atomic mass is 10.1. The maximum atomic E-state index is 12.2. The average Bonchev–Trinajstić information content (AvgIpc) is 3.11. The molecule has 10 heteroatoms. The Bertz CT molecular complexity index is 927. The molecule has 1 aromatic heterocycles. The van der Waals surface area contributed by atoms with E-state index >= 15 is 0 Å². The Hall–Kier alpha value is -3.40. The summed E-state index contributed by atoms with van der Waals surface area (Å²) in [5, 5.41) is 16.7. The van der Waals surface area contributed by atoms with Crippen molar-refractivity contribution in [2.24, 2.45) is 0 Å². The number of carbonyl (C=O) groups is 1. The van der Waals surface area contributed by atoms with Crippen LogP contribution in [-0.2, 0) is 6.54 Å². The predicted molar refractivity (Wildman–Crippen MR) is 92.5 cm³/mol. The summed E-state index contributed by atoms with van der Waals surface area (Å²) < 4.78 is 41.5. The molecule has 3 aromatic rings. The van der Waals surface area contributed by atoms with Crippen LogP contribution in [0.3, 0.4) is 0 Å². The number of halogens is 3. The Balaban J connectivity index is 1.59. The van der Waals surface area contributed by atoms with Crippen molar-refractivity contribution in [2.75, 3.05) is 5.32 Å². The molecule has 0 saturated carbocycles. The first-order valence-electron chi connectivity index (χ1n) is 8.10. The molecule has 0 fully saturated rings. The van der Waals surface area contributed by atoms with Crippen LogP contribution in [0.1, 0.15) is 22.3 Å². The van der Waals surface area contributed by atoms with Gasteiger partial charge in [0, 0.05) is 5.69 Å². The minimum atomic E-state index is -4.79. The molecule has 0 spiro atoms. The quantitative estimate of drug-likeness (QED) is 0.673. The van der Waals surface area contributed by atoms with Crippen LogP contribution in [0.15, 0.2) is 60.9 Å². The minimum absolute atomic E-state index is 0.105. The highest BCUT2D eigenvalue weighted by Gasteiger charge is 2.31. The summed E-state index contributed by atoms with van der Waals surface area (Å²) in [6.07, 6.45) is -4.30. The lowest BCUT2D eigenvalue weighted by Gasteiger charge is -2.10. The first-order chi connectivity index (χ1) is 13.3. The standard InChI is InChI=1S/C18H15F3N4O3/c19-18(20,21)28-14-8-6-13(7-9-14)23-17(27)16-22-11-25(24-16)10-15(26)12-4-2-1-3-5-12/h1-9,11,15,26H,10H2,(H,23,27). The molecule has 0 aliphatic heterocycles. The number of amides is 1. The second-order valence-corrected chi connectivity index (χ2v) is 5.74. The molecule has 0 bridgehead atoms. The molecule has 1 heterocycles. The number of aliphatic hydroxyl groups excluding tert-OH is 1. The SMILES string of the molecule is O=C(Nc1ccc(OC(F)(F)F)cc1)c1ncn(CC(O)c2ccccc2)n1. The van der Waals surface area contributed by atoms with Gasteiger partial charge in [0.2, 0.25) is 5.82 Å². The number of alkyl halides is 3. The van der Waals surface area contributed by atoms with Gasteiger partial charge >= 0.3 is 6.36 Å². The third-order valence-corrected chi connectivity index (χ3v) is 3.63. The largest absolute Gasteiger partial charge is 0.573 e. The molecule has 1 amide bonds. The number of hydrogen-bond acceptors (Lipinski definition) is 5. The number of nitrogens with zero attached hydrogens (tertiary/aromatic N) is 3. The molecule has 146 valence electrons. The highest BCUT2D eigenvalue weighted by atomic mass is 19.4. The van der Waals surface area contributed by atoms with Crippen molar-refractivity contribution in [1.82, 2.24) is 14.8 Å². The fraction of sp³-hybridized carbons (Fsp3) is 0.167. The van der Waals surface area contributed by atoms with Gasteiger partial charge in [0.1, 0.15) is 12.1 Å². The van der Waals surface area contributed by atoms with Gasteiger partial charge in [-0.3, -0.25) is 4.79 Å². The number of aromatic nitrogens is 3. The Morgan fingerprint density at radius 3 is 2.46 bits per heavy atom. The molecule has 1 unspecified atom stereocenters. The van der Waals surface area contributed by atoms with Crippen LogP contribution in [0, 0.1) is 0 Å². The predicted octanol–water partition coefficient (Wildman–Crippen LogP) is 3.16. The molecule has 28 heavy (non-hydrogen) atoms. The van der Waals surface area contributed by atoms with E-state index in [1.807, 2.05) is 6.07 Å². The highest BCUT2D eigenvalue weighted by molar-refractivity contribution is 6.01. The lowest BCUT2D eigenvalue weighted by molar-refractivity contribution is -0.274. The smallest absolute Gasteiger partial charge is 0.406 e. The number of nitrogens with one attached hydrogen (secondary N) is 1. The van der Waals surface area contributed by atoms with Gasteiger partial charge in [-0.15, -0.1) is 18.3 Å². The monoisotopic (exact) mass is 392 g/mol. The second-order valence-electron chi connectivity index (χ2n) is 5.74. The third kappa shape index (κ3) is 5.30. The van der Waals surface area contributed by atoms with Crippen molar-refractivity contribution in [3.05, 3.63) is 72.3 Å². The van der Waals surface area contributed by atoms with Crippen molar-refractivity contribution < 1.29 is 27.8 Å². The van der Waals surface area contributed by atoms with E-state index in [1.165, 1.54) is 23.1 Å². The Labute approximate surface area is 157 Å². The summed E-state index contributed by atoms with van der Waals surface area (Å²) in [5.41, 5.74) is 0.949. The summed E-state index contributed by atoms with van der Waals surface area (Å²) in [6, 6.07) is 13.6. The van der Waals surface area contributed by atoms with Crippen molar-refractivity contribution >= 4 is 11.6 Å². The molecule has 2 aromatic carbocycles. The Morgan fingerprint density at radius 1 is 1.14 bits per heavy atom. The number of rotatable bonds is 6. The van der Waals surface area contributed by atoms with Gasteiger partial charge in [-0.1, -0.05) is 30.3 Å². The highest BCUT2D eigenvalue weighted by Crippen LogP contribution is 2.24. The summed E-state index contributed by atoms with van der Waals surface area (Å²) in [7, 11) is 0. The van der Waals surface area contributed by atoms with Gasteiger partial charge in [-0.25, -0.2) is 9.67 Å². The van der Waals surface area contributed by atoms with Gasteiger partial charge in [-0.05, 0) is 29.8 Å². The molecule has 2 N–H and O–H groups in total. The minimum Gasteiger partial charge on any atom is -0.406 e. The molecule has 3 rings (SSSR count). The van der Waals surface area contributed by atoms with Gasteiger partial charge in [0.05, 0.1) is 12.6 Å². The van der Waals surface area contributed by atoms with Crippen LogP contribution in [0.5, 0.6) is 5.75 Å². The van der Waals surface area contributed by atoms with Crippen LogP contribution in [0.4, 0.5) is 18.9 Å². The average molecular weight is 392 g/mol. The molecule has 0 aliphatic rings. The number of aliphatic hydroxyl groups is 1. The third-order valence-electron chi connectivity index (χ3n) is 3.63. The molecular weight excluding hydrogens is 377 g/mol. The lowest BCUT2D eigenvalue weighted by Crippen LogP contribution is -2.17. The first kappa shape index (κ1) is 19.4. The summed E-state index contributed by atoms with van der Waals surface area (Å²) in [5.74, 6) is -1.18. The van der Waals surface area contributed by atoms with E-state index in [2.05, 4.69) is 20.1 Å². The molecule has 0 radical (unpaired) electrons. The number of hydrogen-bond donors (Lipinski definition) is 2. The zero-order chi connectivity index (χ0) is 20.1. The van der Waals surface area contributed by atoms with Gasteiger partial charge in [0.25, 0.3) is 5.91 Å². The van der Waals surface area contributed by atoms with E-state index < -0.39 is 24.1 Å². The van der Waals surface area contributed by atoms with Gasteiger partial charge in [0.15, 0.2) is 0 Å². The van der Waals surface area contributed by atoms with Crippen molar-refractivity contribution in [3.8, 4) is 5.75 Å². The summed E-state index contributed by atoms with van der Waals surface area (Å²) in [6.45, 7) is 0.105. The van der Waals surface area contributed by atoms with E-state index in [0.29, 0.717) is 5.56 Å². The second kappa shape index (κ2) is 8.09. The first-order valence-corrected chi connectivity index (χ1v) is 8.10. The number of anilines is 1. The zero-order valence-electron chi connectivity index (χ0n) is 14.3. The Kier molecular flexibility index (Phi) is 5.59. The Morgan fingerprint density at radius 2 is 1.82 bits per heavy atom. The van der Waals surface area contributed by atoms with Gasteiger partial charge < -0.3 is 15.2 Å². The zero-order valence-corrected chi connectivity index (χ0v) is 14.3. The maximum Gasteiger partial charge on any atom is 0.573 e. The summed E-state index contributed by atoms with van der Waals surface area (Å²) >= 11 is 0. The molecule has 7 nitrogen and oxygen atoms in total. The van der Waals surface area contributed by atoms with Crippen LogP contribution >= 0.6 is 0 Å². The fourth-order valence-electron chi connectivity index (χ4n) is 2.37. The van der Waals surface area contributed by atoms with E-state index in [0.717, 1.165) is 12.1 Å². The van der Waals surface area contributed by atoms with Crippen molar-refractivity contribution in [2.45, 2.75) is 19.0 Å². The van der Waals surface area contributed by atoms with Crippen LogP contribution < -0.4 is 10.1 Å². The van der Waals surface area contributed by atoms with Crippen LogP contribution in [-0.4, -0.2) is 32.1 Å². The van der Waals surface area contributed by atoms with Gasteiger partial charge in [-0.2, -0.15) is 0 Å². The number of ether oxygens (including phenoxy) is 1. The van der Waals surface area contributed by atoms with E-state index in [1.54, 1.807) is 24.3 Å². The normalized spacial score (nSPS) is 12.4. The maximum absolute atomic E-state index is 12.2. The summed E-state index contributed by atoms with van der Waals surface area (Å²) in [4.78, 5) is 16.1. The van der Waals surface area contributed by atoms with Crippen LogP contribution in [0.2, 0.25) is 0 Å². The van der Waals surface area contributed by atoms with Crippen LogP contribution in [0.25, 0.3) is 0 Å². The van der Waals surface area contributed by atoms with Crippen molar-refractivity contribution in [3.63, 3.8) is 0 Å². The van der Waals surface area contributed by atoms with E-state index in [4.69, 9.17) is 0 Å². The van der Waals surface area contributed by atoms with Crippen molar-refractivity contribution in [1.29, 1.82) is 0 Å².